The molecule has 102 valence electrons. The van der Waals surface area contributed by atoms with Gasteiger partial charge < -0.3 is 15.2 Å². The van der Waals surface area contributed by atoms with Crippen LogP contribution in [0.2, 0.25) is 0 Å². The van der Waals surface area contributed by atoms with Gasteiger partial charge in [-0.25, -0.2) is 0 Å². The Morgan fingerprint density at radius 3 is 2.61 bits per heavy atom. The molecule has 1 unspecified atom stereocenters. The van der Waals surface area contributed by atoms with E-state index in [9.17, 15) is 0 Å². The lowest BCUT2D eigenvalue weighted by atomic mass is 10.0. The van der Waals surface area contributed by atoms with Crippen molar-refractivity contribution in [2.24, 2.45) is 0 Å². The Labute approximate surface area is 110 Å². The van der Waals surface area contributed by atoms with E-state index in [0.29, 0.717) is 12.5 Å². The molecular weight excluding hydrogens is 226 g/mol. The van der Waals surface area contributed by atoms with Crippen LogP contribution in [0.4, 0.5) is 0 Å². The van der Waals surface area contributed by atoms with Crippen molar-refractivity contribution in [2.75, 3.05) is 20.3 Å². The van der Waals surface area contributed by atoms with E-state index < -0.39 is 0 Å². The van der Waals surface area contributed by atoms with Gasteiger partial charge in [0.1, 0.15) is 5.75 Å². The van der Waals surface area contributed by atoms with Crippen LogP contribution in [-0.4, -0.2) is 31.4 Å². The number of aliphatic hydroxyl groups excluding tert-OH is 1. The third kappa shape index (κ3) is 4.31. The molecule has 3 heteroatoms. The van der Waals surface area contributed by atoms with E-state index in [1.807, 2.05) is 7.05 Å². The van der Waals surface area contributed by atoms with Crippen molar-refractivity contribution < 1.29 is 9.84 Å². The molecule has 0 heterocycles. The number of aryl methyl sites for hydroxylation is 1. The smallest absolute Gasteiger partial charge is 0.123 e. The Hall–Kier alpha value is -1.06. The molecule has 0 saturated heterocycles. The molecule has 1 rings (SSSR count). The van der Waals surface area contributed by atoms with Crippen LogP contribution in [-0.2, 0) is 0 Å². The fourth-order valence-electron chi connectivity index (χ4n) is 1.88. The van der Waals surface area contributed by atoms with Gasteiger partial charge in [-0.2, -0.15) is 0 Å². The van der Waals surface area contributed by atoms with Crippen molar-refractivity contribution in [3.63, 3.8) is 0 Å². The highest BCUT2D eigenvalue weighted by Crippen LogP contribution is 2.27. The van der Waals surface area contributed by atoms with Crippen LogP contribution in [0.3, 0.4) is 0 Å². The first-order valence-corrected chi connectivity index (χ1v) is 6.60. The van der Waals surface area contributed by atoms with E-state index in [1.165, 1.54) is 11.1 Å². The number of rotatable bonds is 7. The topological polar surface area (TPSA) is 41.5 Å². The molecule has 0 saturated carbocycles. The minimum absolute atomic E-state index is 0.109. The van der Waals surface area contributed by atoms with Crippen LogP contribution in [0.15, 0.2) is 18.2 Å². The van der Waals surface area contributed by atoms with Gasteiger partial charge in [0, 0.05) is 6.04 Å². The first kappa shape index (κ1) is 15.0. The number of aliphatic hydroxyl groups is 1. The van der Waals surface area contributed by atoms with E-state index in [4.69, 9.17) is 9.84 Å². The second-order valence-corrected chi connectivity index (χ2v) is 5.00. The summed E-state index contributed by atoms with van der Waals surface area (Å²) in [6, 6.07) is 6.45. The molecule has 1 aromatic rings. The Kier molecular flexibility index (Phi) is 6.16. The monoisotopic (exact) mass is 251 g/mol. The van der Waals surface area contributed by atoms with E-state index in [0.717, 1.165) is 12.2 Å². The molecule has 0 amide bonds. The van der Waals surface area contributed by atoms with Gasteiger partial charge in [0.2, 0.25) is 0 Å². The zero-order valence-electron chi connectivity index (χ0n) is 11.9. The van der Waals surface area contributed by atoms with Crippen molar-refractivity contribution in [3.05, 3.63) is 29.3 Å². The van der Waals surface area contributed by atoms with Crippen LogP contribution in [0.5, 0.6) is 5.75 Å². The molecule has 0 aromatic heterocycles. The SMILES string of the molecule is CNC(CO)CCOc1cc(C)ccc1C(C)C. The van der Waals surface area contributed by atoms with Gasteiger partial charge in [0.15, 0.2) is 0 Å². The second-order valence-electron chi connectivity index (χ2n) is 5.00. The minimum Gasteiger partial charge on any atom is -0.493 e. The molecule has 0 radical (unpaired) electrons. The Balaban J connectivity index is 2.63. The summed E-state index contributed by atoms with van der Waals surface area (Å²) in [6.07, 6.45) is 0.804. The van der Waals surface area contributed by atoms with Crippen molar-refractivity contribution in [1.82, 2.24) is 5.32 Å². The number of likely N-dealkylation sites (N-methyl/N-ethyl adjacent to an activating group) is 1. The molecular formula is C15H25NO2. The maximum Gasteiger partial charge on any atom is 0.123 e. The zero-order chi connectivity index (χ0) is 13.5. The highest BCUT2D eigenvalue weighted by Gasteiger charge is 2.09. The largest absolute Gasteiger partial charge is 0.493 e. The number of ether oxygens (including phenoxy) is 1. The van der Waals surface area contributed by atoms with Gasteiger partial charge in [-0.3, -0.25) is 0 Å². The molecule has 1 atom stereocenters. The third-order valence-electron chi connectivity index (χ3n) is 3.14. The molecule has 3 nitrogen and oxygen atoms in total. The average molecular weight is 251 g/mol. The molecule has 0 aliphatic heterocycles. The van der Waals surface area contributed by atoms with Gasteiger partial charge in [0.25, 0.3) is 0 Å². The molecule has 0 fully saturated rings. The summed E-state index contributed by atoms with van der Waals surface area (Å²) in [5.41, 5.74) is 2.45. The Morgan fingerprint density at radius 2 is 2.06 bits per heavy atom. The van der Waals surface area contributed by atoms with Crippen LogP contribution in [0.25, 0.3) is 0 Å². The Morgan fingerprint density at radius 1 is 1.33 bits per heavy atom. The lowest BCUT2D eigenvalue weighted by Gasteiger charge is -2.17. The van der Waals surface area contributed by atoms with Gasteiger partial charge >= 0.3 is 0 Å². The second kappa shape index (κ2) is 7.39. The van der Waals surface area contributed by atoms with Gasteiger partial charge in [-0.1, -0.05) is 26.0 Å². The molecule has 0 spiro atoms. The van der Waals surface area contributed by atoms with Crippen LogP contribution < -0.4 is 10.1 Å². The first-order valence-electron chi connectivity index (χ1n) is 6.60. The first-order chi connectivity index (χ1) is 8.58. The number of hydrogen-bond donors (Lipinski definition) is 2. The molecule has 0 aliphatic carbocycles. The van der Waals surface area contributed by atoms with Crippen molar-refractivity contribution >= 4 is 0 Å². The maximum atomic E-state index is 9.09. The fourth-order valence-corrected chi connectivity index (χ4v) is 1.88. The molecule has 0 bridgehead atoms. The zero-order valence-corrected chi connectivity index (χ0v) is 11.9. The lowest BCUT2D eigenvalue weighted by Crippen LogP contribution is -2.30. The van der Waals surface area contributed by atoms with Gasteiger partial charge in [-0.15, -0.1) is 0 Å². The third-order valence-corrected chi connectivity index (χ3v) is 3.14. The van der Waals surface area contributed by atoms with E-state index in [1.54, 1.807) is 0 Å². The lowest BCUT2D eigenvalue weighted by molar-refractivity contribution is 0.213. The van der Waals surface area contributed by atoms with Crippen molar-refractivity contribution in [3.8, 4) is 5.75 Å². The van der Waals surface area contributed by atoms with Crippen molar-refractivity contribution in [1.29, 1.82) is 0 Å². The van der Waals surface area contributed by atoms with E-state index >= 15 is 0 Å². The Bertz CT molecular complexity index is 360. The van der Waals surface area contributed by atoms with Crippen LogP contribution >= 0.6 is 0 Å². The molecule has 1 aromatic carbocycles. The summed E-state index contributed by atoms with van der Waals surface area (Å²) in [5.74, 6) is 1.43. The van der Waals surface area contributed by atoms with Crippen LogP contribution in [0.1, 0.15) is 37.3 Å². The van der Waals surface area contributed by atoms with E-state index in [-0.39, 0.29) is 12.6 Å². The highest BCUT2D eigenvalue weighted by atomic mass is 16.5. The summed E-state index contributed by atoms with van der Waals surface area (Å²) < 4.78 is 5.86. The summed E-state index contributed by atoms with van der Waals surface area (Å²) >= 11 is 0. The summed E-state index contributed by atoms with van der Waals surface area (Å²) in [5, 5.41) is 12.1. The number of hydrogen-bond acceptors (Lipinski definition) is 3. The predicted octanol–water partition coefficient (Wildman–Crippen LogP) is 2.47. The summed E-state index contributed by atoms with van der Waals surface area (Å²) in [4.78, 5) is 0. The molecule has 18 heavy (non-hydrogen) atoms. The van der Waals surface area contributed by atoms with Gasteiger partial charge in [-0.05, 0) is 43.5 Å². The van der Waals surface area contributed by atoms with E-state index in [2.05, 4.69) is 44.3 Å². The summed E-state index contributed by atoms with van der Waals surface area (Å²) in [6.45, 7) is 7.17. The minimum atomic E-state index is 0.109. The van der Waals surface area contributed by atoms with Crippen molar-refractivity contribution in [2.45, 2.75) is 39.2 Å². The predicted molar refractivity (Wildman–Crippen MR) is 75.3 cm³/mol. The standard InChI is InChI=1S/C15H25NO2/c1-11(2)14-6-5-12(3)9-15(14)18-8-7-13(10-17)16-4/h5-6,9,11,13,16-17H,7-8,10H2,1-4H3. The molecule has 0 aliphatic rings. The highest BCUT2D eigenvalue weighted by molar-refractivity contribution is 5.39. The normalized spacial score (nSPS) is 12.8. The summed E-state index contributed by atoms with van der Waals surface area (Å²) in [7, 11) is 1.85. The number of nitrogens with one attached hydrogen (secondary N) is 1. The fraction of sp³-hybridized carbons (Fsp3) is 0.600. The maximum absolute atomic E-state index is 9.09. The molecule has 2 N–H and O–H groups in total. The quantitative estimate of drug-likeness (QED) is 0.782. The van der Waals surface area contributed by atoms with Gasteiger partial charge in [0.05, 0.1) is 13.2 Å². The van der Waals surface area contributed by atoms with Crippen LogP contribution in [0, 0.1) is 6.92 Å². The average Bonchev–Trinajstić information content (AvgIpc) is 2.34. The number of benzene rings is 1.